The molecule has 0 radical (unpaired) electrons. The summed E-state index contributed by atoms with van der Waals surface area (Å²) in [5.41, 5.74) is 1.24. The van der Waals surface area contributed by atoms with Crippen LogP contribution in [-0.2, 0) is 11.3 Å². The molecule has 0 unspecified atom stereocenters. The third kappa shape index (κ3) is 3.55. The van der Waals surface area contributed by atoms with Crippen molar-refractivity contribution in [1.82, 2.24) is 10.2 Å². The Balaban J connectivity index is 1.98. The summed E-state index contributed by atoms with van der Waals surface area (Å²) < 4.78 is 1.29. The Morgan fingerprint density at radius 2 is 2.16 bits per heavy atom. The molecule has 1 N–H and O–H groups in total. The maximum Gasteiger partial charge on any atom is 0.222 e. The van der Waals surface area contributed by atoms with E-state index in [0.29, 0.717) is 13.0 Å². The van der Waals surface area contributed by atoms with Crippen LogP contribution in [0, 0.1) is 0 Å². The SMILES string of the molecule is CNCCCC(=O)N(C)Cc1csc2ccccc12. The van der Waals surface area contributed by atoms with Crippen molar-refractivity contribution in [3.63, 3.8) is 0 Å². The van der Waals surface area contributed by atoms with Gasteiger partial charge in [-0.2, -0.15) is 0 Å². The minimum absolute atomic E-state index is 0.213. The Kier molecular flexibility index (Phi) is 4.93. The standard InChI is InChI=1S/C15H20N2OS/c1-16-9-5-8-15(18)17(2)10-12-11-19-14-7-4-3-6-13(12)14/h3-4,6-7,11,16H,5,8-10H2,1-2H3. The molecule has 19 heavy (non-hydrogen) atoms. The fourth-order valence-electron chi connectivity index (χ4n) is 2.11. The second-order valence-corrected chi connectivity index (χ2v) is 5.63. The molecule has 1 heterocycles. The molecule has 1 amide bonds. The Hall–Kier alpha value is -1.39. The normalized spacial score (nSPS) is 10.8. The number of hydrogen-bond acceptors (Lipinski definition) is 3. The average molecular weight is 276 g/mol. The number of rotatable bonds is 6. The first-order chi connectivity index (χ1) is 9.22. The predicted octanol–water partition coefficient (Wildman–Crippen LogP) is 2.86. The molecule has 0 aliphatic carbocycles. The van der Waals surface area contributed by atoms with E-state index in [0.717, 1.165) is 13.0 Å². The molecule has 4 heteroatoms. The van der Waals surface area contributed by atoms with Gasteiger partial charge >= 0.3 is 0 Å². The summed E-state index contributed by atoms with van der Waals surface area (Å²) >= 11 is 1.74. The van der Waals surface area contributed by atoms with Crippen LogP contribution in [-0.4, -0.2) is 31.4 Å². The summed E-state index contributed by atoms with van der Waals surface area (Å²) in [6.45, 7) is 1.59. The molecule has 0 fully saturated rings. The fourth-order valence-corrected chi connectivity index (χ4v) is 3.06. The van der Waals surface area contributed by atoms with Crippen molar-refractivity contribution < 1.29 is 4.79 Å². The minimum atomic E-state index is 0.213. The molecule has 0 saturated carbocycles. The van der Waals surface area contributed by atoms with Crippen LogP contribution in [0.25, 0.3) is 10.1 Å². The van der Waals surface area contributed by atoms with Gasteiger partial charge in [0.05, 0.1) is 0 Å². The number of carbonyl (C=O) groups is 1. The molecule has 2 rings (SSSR count). The highest BCUT2D eigenvalue weighted by Crippen LogP contribution is 2.26. The van der Waals surface area contributed by atoms with Crippen LogP contribution in [0.2, 0.25) is 0 Å². The van der Waals surface area contributed by atoms with Crippen LogP contribution in [0.3, 0.4) is 0 Å². The van der Waals surface area contributed by atoms with Gasteiger partial charge in [-0.25, -0.2) is 0 Å². The maximum atomic E-state index is 12.0. The van der Waals surface area contributed by atoms with E-state index in [4.69, 9.17) is 0 Å². The number of nitrogens with zero attached hydrogens (tertiary/aromatic N) is 1. The third-order valence-electron chi connectivity index (χ3n) is 3.21. The first kappa shape index (κ1) is 14.0. The van der Waals surface area contributed by atoms with Crippen LogP contribution < -0.4 is 5.32 Å². The van der Waals surface area contributed by atoms with E-state index in [1.165, 1.54) is 15.6 Å². The van der Waals surface area contributed by atoms with Crippen molar-refractivity contribution in [3.05, 3.63) is 35.2 Å². The van der Waals surface area contributed by atoms with Gasteiger partial charge in [0.15, 0.2) is 0 Å². The lowest BCUT2D eigenvalue weighted by atomic mass is 10.1. The molecule has 102 valence electrons. The van der Waals surface area contributed by atoms with Crippen molar-refractivity contribution in [2.75, 3.05) is 20.6 Å². The van der Waals surface area contributed by atoms with Gasteiger partial charge in [0, 0.05) is 24.7 Å². The monoisotopic (exact) mass is 276 g/mol. The summed E-state index contributed by atoms with van der Waals surface area (Å²) in [5, 5.41) is 6.48. The molecule has 3 nitrogen and oxygen atoms in total. The Morgan fingerprint density at radius 3 is 2.95 bits per heavy atom. The van der Waals surface area contributed by atoms with E-state index in [1.807, 2.05) is 25.1 Å². The highest BCUT2D eigenvalue weighted by Gasteiger charge is 2.11. The topological polar surface area (TPSA) is 32.3 Å². The first-order valence-electron chi connectivity index (χ1n) is 6.56. The number of hydrogen-bond donors (Lipinski definition) is 1. The lowest BCUT2D eigenvalue weighted by Crippen LogP contribution is -2.26. The molecule has 0 aliphatic heterocycles. The van der Waals surface area contributed by atoms with Gasteiger partial charge in [-0.15, -0.1) is 11.3 Å². The second-order valence-electron chi connectivity index (χ2n) is 4.71. The zero-order chi connectivity index (χ0) is 13.7. The van der Waals surface area contributed by atoms with Gasteiger partial charge in [-0.05, 0) is 42.4 Å². The Labute approximate surface area is 118 Å². The quantitative estimate of drug-likeness (QED) is 0.823. The highest BCUT2D eigenvalue weighted by atomic mass is 32.1. The van der Waals surface area contributed by atoms with Gasteiger partial charge in [0.25, 0.3) is 0 Å². The van der Waals surface area contributed by atoms with Crippen molar-refractivity contribution in [3.8, 4) is 0 Å². The maximum absolute atomic E-state index is 12.0. The zero-order valence-electron chi connectivity index (χ0n) is 11.5. The van der Waals surface area contributed by atoms with E-state index in [2.05, 4.69) is 28.9 Å². The van der Waals surface area contributed by atoms with Gasteiger partial charge < -0.3 is 10.2 Å². The highest BCUT2D eigenvalue weighted by molar-refractivity contribution is 7.17. The molecule has 1 aromatic heterocycles. The Morgan fingerprint density at radius 1 is 1.37 bits per heavy atom. The number of nitrogens with one attached hydrogen (secondary N) is 1. The van der Waals surface area contributed by atoms with E-state index in [-0.39, 0.29) is 5.91 Å². The van der Waals surface area contributed by atoms with Crippen molar-refractivity contribution >= 4 is 27.3 Å². The van der Waals surface area contributed by atoms with Crippen LogP contribution in [0.1, 0.15) is 18.4 Å². The number of fused-ring (bicyclic) bond motifs is 1. The zero-order valence-corrected chi connectivity index (χ0v) is 12.3. The third-order valence-corrected chi connectivity index (χ3v) is 4.22. The molecule has 0 bridgehead atoms. The fraction of sp³-hybridized carbons (Fsp3) is 0.400. The van der Waals surface area contributed by atoms with Crippen LogP contribution in [0.4, 0.5) is 0 Å². The number of benzene rings is 1. The summed E-state index contributed by atoms with van der Waals surface area (Å²) in [6, 6.07) is 8.35. The summed E-state index contributed by atoms with van der Waals surface area (Å²) in [5.74, 6) is 0.213. The van der Waals surface area contributed by atoms with Gasteiger partial charge in [0.2, 0.25) is 5.91 Å². The molecular weight excluding hydrogens is 256 g/mol. The number of thiophene rings is 1. The number of amides is 1. The number of carbonyl (C=O) groups excluding carboxylic acids is 1. The van der Waals surface area contributed by atoms with E-state index in [9.17, 15) is 4.79 Å². The van der Waals surface area contributed by atoms with Crippen molar-refractivity contribution in [1.29, 1.82) is 0 Å². The summed E-state index contributed by atoms with van der Waals surface area (Å²) in [7, 11) is 3.79. The largest absolute Gasteiger partial charge is 0.341 e. The van der Waals surface area contributed by atoms with Gasteiger partial charge in [-0.1, -0.05) is 18.2 Å². The summed E-state index contributed by atoms with van der Waals surface area (Å²) in [6.07, 6.45) is 1.50. The molecular formula is C15H20N2OS. The predicted molar refractivity (Wildman–Crippen MR) is 81.5 cm³/mol. The molecule has 0 atom stereocenters. The van der Waals surface area contributed by atoms with Gasteiger partial charge in [0.1, 0.15) is 0 Å². The minimum Gasteiger partial charge on any atom is -0.341 e. The average Bonchev–Trinajstić information content (AvgIpc) is 2.82. The van der Waals surface area contributed by atoms with E-state index in [1.54, 1.807) is 11.3 Å². The molecule has 0 aliphatic rings. The van der Waals surface area contributed by atoms with Crippen LogP contribution in [0.5, 0.6) is 0 Å². The molecule has 0 saturated heterocycles. The van der Waals surface area contributed by atoms with Gasteiger partial charge in [-0.3, -0.25) is 4.79 Å². The first-order valence-corrected chi connectivity index (χ1v) is 7.44. The van der Waals surface area contributed by atoms with E-state index >= 15 is 0 Å². The second kappa shape index (κ2) is 6.68. The van der Waals surface area contributed by atoms with Crippen LogP contribution >= 0.6 is 11.3 Å². The lowest BCUT2D eigenvalue weighted by molar-refractivity contribution is -0.130. The Bertz CT molecular complexity index is 550. The smallest absolute Gasteiger partial charge is 0.222 e. The lowest BCUT2D eigenvalue weighted by Gasteiger charge is -2.16. The van der Waals surface area contributed by atoms with E-state index < -0.39 is 0 Å². The van der Waals surface area contributed by atoms with Crippen molar-refractivity contribution in [2.24, 2.45) is 0 Å². The van der Waals surface area contributed by atoms with Crippen LogP contribution in [0.15, 0.2) is 29.6 Å². The molecule has 1 aromatic carbocycles. The molecule has 2 aromatic rings. The van der Waals surface area contributed by atoms with Crippen molar-refractivity contribution in [2.45, 2.75) is 19.4 Å². The summed E-state index contributed by atoms with van der Waals surface area (Å²) in [4.78, 5) is 13.8. The molecule has 0 spiro atoms.